The molecular weight excluding hydrogens is 306 g/mol. The molecule has 0 N–H and O–H groups in total. The number of piperidine rings is 1. The highest BCUT2D eigenvalue weighted by Crippen LogP contribution is 2.25. The van der Waals surface area contributed by atoms with E-state index in [9.17, 15) is 0 Å². The number of fused-ring (bicyclic) bond motifs is 1. The van der Waals surface area contributed by atoms with Gasteiger partial charge in [-0.15, -0.1) is 0 Å². The van der Waals surface area contributed by atoms with Gasteiger partial charge in [0.05, 0.1) is 22.4 Å². The molecule has 1 aliphatic rings. The summed E-state index contributed by atoms with van der Waals surface area (Å²) in [6.07, 6.45) is 4.05. The number of hydrogen-bond acceptors (Lipinski definition) is 3. The van der Waals surface area contributed by atoms with E-state index in [0.29, 0.717) is 0 Å². The van der Waals surface area contributed by atoms with Crippen LogP contribution in [0.2, 0.25) is 0 Å². The first-order valence-electron chi connectivity index (χ1n) is 9.26. The van der Waals surface area contributed by atoms with E-state index in [4.69, 9.17) is 4.98 Å². The van der Waals surface area contributed by atoms with Gasteiger partial charge >= 0.3 is 0 Å². The van der Waals surface area contributed by atoms with Crippen molar-refractivity contribution < 1.29 is 0 Å². The molecule has 0 bridgehead atoms. The Balaban J connectivity index is 1.63. The van der Waals surface area contributed by atoms with Crippen molar-refractivity contribution in [3.8, 4) is 11.1 Å². The summed E-state index contributed by atoms with van der Waals surface area (Å²) in [7, 11) is 0. The Kier molecular flexibility index (Phi) is 4.50. The summed E-state index contributed by atoms with van der Waals surface area (Å²) in [6.45, 7) is 7.55. The third-order valence-corrected chi connectivity index (χ3v) is 5.19. The molecule has 0 aliphatic carbocycles. The molecule has 0 spiro atoms. The second-order valence-electron chi connectivity index (χ2n) is 7.14. The van der Waals surface area contributed by atoms with Gasteiger partial charge in [-0.25, -0.2) is 9.97 Å². The molecule has 4 rings (SSSR count). The van der Waals surface area contributed by atoms with Crippen LogP contribution in [0.5, 0.6) is 0 Å². The summed E-state index contributed by atoms with van der Waals surface area (Å²) < 4.78 is 0. The van der Waals surface area contributed by atoms with E-state index in [1.807, 2.05) is 13.8 Å². The van der Waals surface area contributed by atoms with Crippen LogP contribution in [0.3, 0.4) is 0 Å². The van der Waals surface area contributed by atoms with Crippen molar-refractivity contribution in [3.05, 3.63) is 59.4 Å². The van der Waals surface area contributed by atoms with Crippen LogP contribution in [0.25, 0.3) is 22.2 Å². The molecule has 0 atom stereocenters. The minimum atomic E-state index is 0.969. The Morgan fingerprint density at radius 3 is 2.32 bits per heavy atom. The SMILES string of the molecule is Cc1nc2ccc(-c3cccc(CN4CCCCC4)c3)cc2nc1C. The zero-order valence-electron chi connectivity index (χ0n) is 15.1. The molecule has 2 heterocycles. The van der Waals surface area contributed by atoms with Crippen LogP contribution in [0.4, 0.5) is 0 Å². The lowest BCUT2D eigenvalue weighted by molar-refractivity contribution is 0.221. The molecular formula is C22H25N3. The Morgan fingerprint density at radius 1 is 0.800 bits per heavy atom. The van der Waals surface area contributed by atoms with E-state index in [2.05, 4.69) is 52.3 Å². The molecule has 0 unspecified atom stereocenters. The van der Waals surface area contributed by atoms with Gasteiger partial charge in [0.2, 0.25) is 0 Å². The first-order valence-corrected chi connectivity index (χ1v) is 9.26. The summed E-state index contributed by atoms with van der Waals surface area (Å²) in [5.41, 5.74) is 7.82. The van der Waals surface area contributed by atoms with E-state index < -0.39 is 0 Å². The number of nitrogens with zero attached hydrogens (tertiary/aromatic N) is 3. The Bertz CT molecular complexity index is 895. The summed E-state index contributed by atoms with van der Waals surface area (Å²) in [6, 6.07) is 15.3. The predicted octanol–water partition coefficient (Wildman–Crippen LogP) is 4.90. The first kappa shape index (κ1) is 16.2. The number of aromatic nitrogens is 2. The smallest absolute Gasteiger partial charge is 0.0896 e. The summed E-state index contributed by atoms with van der Waals surface area (Å²) in [4.78, 5) is 11.9. The molecule has 1 aliphatic heterocycles. The largest absolute Gasteiger partial charge is 0.299 e. The van der Waals surface area contributed by atoms with Gasteiger partial charge in [-0.05, 0) is 74.7 Å². The van der Waals surface area contributed by atoms with Gasteiger partial charge in [0.1, 0.15) is 0 Å². The van der Waals surface area contributed by atoms with Gasteiger partial charge < -0.3 is 0 Å². The predicted molar refractivity (Wildman–Crippen MR) is 104 cm³/mol. The van der Waals surface area contributed by atoms with E-state index in [-0.39, 0.29) is 0 Å². The lowest BCUT2D eigenvalue weighted by Gasteiger charge is -2.26. The third-order valence-electron chi connectivity index (χ3n) is 5.19. The molecule has 2 aromatic carbocycles. The third kappa shape index (κ3) is 3.57. The van der Waals surface area contributed by atoms with Gasteiger partial charge in [0, 0.05) is 6.54 Å². The molecule has 3 aromatic rings. The maximum Gasteiger partial charge on any atom is 0.0896 e. The lowest BCUT2D eigenvalue weighted by Crippen LogP contribution is -2.29. The van der Waals surface area contributed by atoms with Crippen molar-refractivity contribution in [2.24, 2.45) is 0 Å². The quantitative estimate of drug-likeness (QED) is 0.683. The number of hydrogen-bond donors (Lipinski definition) is 0. The van der Waals surface area contributed by atoms with Crippen LogP contribution in [-0.2, 0) is 6.54 Å². The van der Waals surface area contributed by atoms with E-state index in [0.717, 1.165) is 29.0 Å². The number of benzene rings is 2. The van der Waals surface area contributed by atoms with Crippen LogP contribution in [-0.4, -0.2) is 28.0 Å². The summed E-state index contributed by atoms with van der Waals surface area (Å²) in [5.74, 6) is 0. The van der Waals surface area contributed by atoms with E-state index >= 15 is 0 Å². The zero-order valence-corrected chi connectivity index (χ0v) is 15.1. The normalized spacial score (nSPS) is 15.6. The van der Waals surface area contributed by atoms with Crippen LogP contribution in [0.15, 0.2) is 42.5 Å². The maximum atomic E-state index is 4.71. The summed E-state index contributed by atoms with van der Waals surface area (Å²) in [5, 5.41) is 0. The molecule has 1 aromatic heterocycles. The fourth-order valence-corrected chi connectivity index (χ4v) is 3.64. The van der Waals surface area contributed by atoms with Gasteiger partial charge in [-0.3, -0.25) is 4.90 Å². The molecule has 25 heavy (non-hydrogen) atoms. The average molecular weight is 331 g/mol. The molecule has 3 heteroatoms. The van der Waals surface area contributed by atoms with Crippen LogP contribution < -0.4 is 0 Å². The molecule has 128 valence electrons. The highest BCUT2D eigenvalue weighted by molar-refractivity contribution is 5.81. The van der Waals surface area contributed by atoms with Gasteiger partial charge in [-0.2, -0.15) is 0 Å². The Hall–Kier alpha value is -2.26. The van der Waals surface area contributed by atoms with Crippen molar-refractivity contribution in [2.75, 3.05) is 13.1 Å². The molecule has 0 saturated carbocycles. The average Bonchev–Trinajstić information content (AvgIpc) is 2.63. The zero-order chi connectivity index (χ0) is 17.2. The Morgan fingerprint density at radius 2 is 1.52 bits per heavy atom. The van der Waals surface area contributed by atoms with Crippen molar-refractivity contribution >= 4 is 11.0 Å². The molecule has 0 radical (unpaired) electrons. The van der Waals surface area contributed by atoms with Gasteiger partial charge in [-0.1, -0.05) is 30.7 Å². The fraction of sp³-hybridized carbons (Fsp3) is 0.364. The highest BCUT2D eigenvalue weighted by Gasteiger charge is 2.11. The minimum Gasteiger partial charge on any atom is -0.299 e. The fourth-order valence-electron chi connectivity index (χ4n) is 3.64. The van der Waals surface area contributed by atoms with E-state index in [1.165, 1.54) is 49.0 Å². The van der Waals surface area contributed by atoms with Crippen molar-refractivity contribution in [3.63, 3.8) is 0 Å². The van der Waals surface area contributed by atoms with Crippen molar-refractivity contribution in [1.29, 1.82) is 0 Å². The standard InChI is InChI=1S/C22H25N3/c1-16-17(2)24-22-14-20(9-10-21(22)23-16)19-8-6-7-18(13-19)15-25-11-4-3-5-12-25/h6-10,13-14H,3-5,11-12,15H2,1-2H3. The molecule has 0 amide bonds. The summed E-state index contributed by atoms with van der Waals surface area (Å²) >= 11 is 0. The van der Waals surface area contributed by atoms with Crippen LogP contribution >= 0.6 is 0 Å². The lowest BCUT2D eigenvalue weighted by atomic mass is 10.0. The monoisotopic (exact) mass is 331 g/mol. The maximum absolute atomic E-state index is 4.71. The second kappa shape index (κ2) is 6.93. The number of aryl methyl sites for hydroxylation is 2. The van der Waals surface area contributed by atoms with E-state index in [1.54, 1.807) is 0 Å². The van der Waals surface area contributed by atoms with Crippen LogP contribution in [0.1, 0.15) is 36.2 Å². The second-order valence-corrected chi connectivity index (χ2v) is 7.14. The van der Waals surface area contributed by atoms with Gasteiger partial charge in [0.25, 0.3) is 0 Å². The van der Waals surface area contributed by atoms with Crippen molar-refractivity contribution in [1.82, 2.24) is 14.9 Å². The molecule has 1 saturated heterocycles. The van der Waals surface area contributed by atoms with Crippen molar-refractivity contribution in [2.45, 2.75) is 39.7 Å². The number of rotatable bonds is 3. The molecule has 3 nitrogen and oxygen atoms in total. The Labute approximate surface area is 149 Å². The minimum absolute atomic E-state index is 0.969. The number of likely N-dealkylation sites (tertiary alicyclic amines) is 1. The molecule has 1 fully saturated rings. The first-order chi connectivity index (χ1) is 12.2. The van der Waals surface area contributed by atoms with Gasteiger partial charge in [0.15, 0.2) is 0 Å². The topological polar surface area (TPSA) is 29.0 Å². The highest BCUT2D eigenvalue weighted by atomic mass is 15.1. The van der Waals surface area contributed by atoms with Crippen LogP contribution in [0, 0.1) is 13.8 Å².